The number of nitrogens with zero attached hydrogens (tertiary/aromatic N) is 1. The molecule has 0 unspecified atom stereocenters. The van der Waals surface area contributed by atoms with Crippen molar-refractivity contribution in [1.82, 2.24) is 4.98 Å². The van der Waals surface area contributed by atoms with Crippen molar-refractivity contribution < 1.29 is 10.0 Å². The topological polar surface area (TPSA) is 53.4 Å². The van der Waals surface area contributed by atoms with Crippen LogP contribution < -0.4 is 5.46 Å². The standard InChI is InChI=1S/C5H4BCl2NO2.C2H6/c7-4-1-3(6(10)11)2-5(8)9-4;1-2/h1-2,10-11H;1-2H3. The normalized spacial score (nSPS) is 8.77. The van der Waals surface area contributed by atoms with Gasteiger partial charge < -0.3 is 10.0 Å². The molecule has 0 spiro atoms. The first kappa shape index (κ1) is 12.7. The molecule has 0 amide bonds. The Balaban J connectivity index is 0.000000671. The molecule has 13 heavy (non-hydrogen) atoms. The van der Waals surface area contributed by atoms with Crippen molar-refractivity contribution >= 4 is 35.8 Å². The first-order valence-electron chi connectivity index (χ1n) is 3.78. The summed E-state index contributed by atoms with van der Waals surface area (Å²) >= 11 is 11.0. The Kier molecular flexibility index (Phi) is 6.08. The molecule has 0 atom stereocenters. The third-order valence-corrected chi connectivity index (χ3v) is 1.47. The van der Waals surface area contributed by atoms with E-state index in [1.807, 2.05) is 13.8 Å². The molecule has 0 aliphatic heterocycles. The van der Waals surface area contributed by atoms with Crippen molar-refractivity contribution in [2.75, 3.05) is 0 Å². The molecule has 1 aromatic rings. The molecule has 0 aliphatic carbocycles. The van der Waals surface area contributed by atoms with E-state index in [9.17, 15) is 0 Å². The van der Waals surface area contributed by atoms with E-state index in [1.165, 1.54) is 12.1 Å². The molecule has 3 nitrogen and oxygen atoms in total. The maximum atomic E-state index is 8.68. The number of hydrogen-bond acceptors (Lipinski definition) is 3. The third kappa shape index (κ3) is 4.48. The van der Waals surface area contributed by atoms with Gasteiger partial charge in [-0.1, -0.05) is 37.0 Å². The summed E-state index contributed by atoms with van der Waals surface area (Å²) in [5.41, 5.74) is 0.231. The van der Waals surface area contributed by atoms with E-state index >= 15 is 0 Å². The lowest BCUT2D eigenvalue weighted by Crippen LogP contribution is -2.29. The quantitative estimate of drug-likeness (QED) is 0.552. The molecule has 6 heteroatoms. The Morgan fingerprint density at radius 2 is 1.54 bits per heavy atom. The van der Waals surface area contributed by atoms with Crippen molar-refractivity contribution in [1.29, 1.82) is 0 Å². The van der Waals surface area contributed by atoms with Gasteiger partial charge in [-0.25, -0.2) is 4.98 Å². The fourth-order valence-electron chi connectivity index (χ4n) is 0.632. The maximum Gasteiger partial charge on any atom is 0.488 e. The van der Waals surface area contributed by atoms with Crippen LogP contribution in [0.4, 0.5) is 0 Å². The lowest BCUT2D eigenvalue weighted by Gasteiger charge is -1.99. The highest BCUT2D eigenvalue weighted by atomic mass is 35.5. The Hall–Kier alpha value is -0.285. The van der Waals surface area contributed by atoms with E-state index in [2.05, 4.69) is 4.98 Å². The molecule has 0 fully saturated rings. The van der Waals surface area contributed by atoms with Gasteiger partial charge in [0.25, 0.3) is 0 Å². The molecular weight excluding hydrogens is 212 g/mol. The van der Waals surface area contributed by atoms with Gasteiger partial charge in [0.05, 0.1) is 0 Å². The molecule has 72 valence electrons. The summed E-state index contributed by atoms with van der Waals surface area (Å²) in [5, 5.41) is 17.6. The van der Waals surface area contributed by atoms with Crippen LogP contribution in [0.1, 0.15) is 13.8 Å². The number of hydrogen-bond donors (Lipinski definition) is 2. The van der Waals surface area contributed by atoms with E-state index < -0.39 is 7.12 Å². The monoisotopic (exact) mass is 221 g/mol. The van der Waals surface area contributed by atoms with E-state index in [0.29, 0.717) is 0 Å². The highest BCUT2D eigenvalue weighted by Gasteiger charge is 2.12. The van der Waals surface area contributed by atoms with Crippen LogP contribution in [0, 0.1) is 0 Å². The highest BCUT2D eigenvalue weighted by Crippen LogP contribution is 2.07. The van der Waals surface area contributed by atoms with Gasteiger partial charge in [-0.3, -0.25) is 0 Å². The second kappa shape index (κ2) is 6.21. The zero-order chi connectivity index (χ0) is 10.4. The zero-order valence-corrected chi connectivity index (χ0v) is 8.84. The maximum absolute atomic E-state index is 8.68. The summed E-state index contributed by atoms with van der Waals surface area (Å²) in [6.45, 7) is 4.00. The average Bonchev–Trinajstić information content (AvgIpc) is 2.06. The van der Waals surface area contributed by atoms with Gasteiger partial charge in [-0.2, -0.15) is 0 Å². The Morgan fingerprint density at radius 3 is 1.85 bits per heavy atom. The van der Waals surface area contributed by atoms with Crippen LogP contribution in [0.3, 0.4) is 0 Å². The van der Waals surface area contributed by atoms with E-state index in [4.69, 9.17) is 33.2 Å². The van der Waals surface area contributed by atoms with Gasteiger partial charge in [0, 0.05) is 0 Å². The molecule has 0 saturated carbocycles. The predicted molar refractivity (Wildman–Crippen MR) is 55.4 cm³/mol. The molecule has 2 N–H and O–H groups in total. The molecular formula is C7H10BCl2NO2. The average molecular weight is 222 g/mol. The summed E-state index contributed by atoms with van der Waals surface area (Å²) in [4.78, 5) is 3.63. The largest absolute Gasteiger partial charge is 0.488 e. The van der Waals surface area contributed by atoms with Gasteiger partial charge in [-0.15, -0.1) is 0 Å². The molecule has 1 aromatic heterocycles. The Bertz CT molecular complexity index is 250. The lowest BCUT2D eigenvalue weighted by atomic mass is 9.81. The summed E-state index contributed by atoms with van der Waals surface area (Å²) in [6.07, 6.45) is 0. The van der Waals surface area contributed by atoms with Crippen LogP contribution in [-0.2, 0) is 0 Å². The van der Waals surface area contributed by atoms with Gasteiger partial charge in [0.2, 0.25) is 0 Å². The summed E-state index contributed by atoms with van der Waals surface area (Å²) in [7, 11) is -1.56. The summed E-state index contributed by atoms with van der Waals surface area (Å²) < 4.78 is 0. The molecule has 0 aromatic carbocycles. The van der Waals surface area contributed by atoms with Crippen molar-refractivity contribution in [3.05, 3.63) is 22.4 Å². The van der Waals surface area contributed by atoms with Crippen LogP contribution >= 0.6 is 23.2 Å². The van der Waals surface area contributed by atoms with Crippen LogP contribution in [0.2, 0.25) is 10.3 Å². The van der Waals surface area contributed by atoms with Gasteiger partial charge >= 0.3 is 7.12 Å². The third-order valence-electron chi connectivity index (χ3n) is 1.08. The summed E-state index contributed by atoms with van der Waals surface area (Å²) in [5.74, 6) is 0. The molecule has 0 bridgehead atoms. The first-order valence-corrected chi connectivity index (χ1v) is 4.54. The van der Waals surface area contributed by atoms with Crippen LogP contribution in [0.5, 0.6) is 0 Å². The molecule has 0 aliphatic rings. The number of halogens is 2. The van der Waals surface area contributed by atoms with Gasteiger partial charge in [-0.05, 0) is 17.6 Å². The van der Waals surface area contributed by atoms with Gasteiger partial charge in [0.15, 0.2) is 0 Å². The number of pyridine rings is 1. The van der Waals surface area contributed by atoms with Crippen LogP contribution in [-0.4, -0.2) is 22.2 Å². The Labute approximate surface area is 87.5 Å². The molecule has 1 rings (SSSR count). The zero-order valence-electron chi connectivity index (χ0n) is 7.33. The lowest BCUT2D eigenvalue weighted by molar-refractivity contribution is 0.425. The number of rotatable bonds is 1. The van der Waals surface area contributed by atoms with Gasteiger partial charge in [0.1, 0.15) is 10.3 Å². The second-order valence-corrected chi connectivity index (χ2v) is 2.69. The fourth-order valence-corrected chi connectivity index (χ4v) is 1.11. The molecule has 1 heterocycles. The summed E-state index contributed by atoms with van der Waals surface area (Å²) in [6, 6.07) is 2.66. The minimum atomic E-state index is -1.56. The predicted octanol–water partition coefficient (Wildman–Crippen LogP) is 1.09. The van der Waals surface area contributed by atoms with Crippen LogP contribution in [0.15, 0.2) is 12.1 Å². The Morgan fingerprint density at radius 1 is 1.15 bits per heavy atom. The SMILES string of the molecule is CC.OB(O)c1cc(Cl)nc(Cl)c1. The van der Waals surface area contributed by atoms with Crippen molar-refractivity contribution in [3.8, 4) is 0 Å². The minimum absolute atomic E-state index is 0.139. The van der Waals surface area contributed by atoms with E-state index in [0.717, 1.165) is 0 Å². The van der Waals surface area contributed by atoms with Crippen molar-refractivity contribution in [2.45, 2.75) is 13.8 Å². The fraction of sp³-hybridized carbons (Fsp3) is 0.286. The first-order chi connectivity index (χ1) is 6.09. The van der Waals surface area contributed by atoms with E-state index in [-0.39, 0.29) is 15.8 Å². The molecule has 0 radical (unpaired) electrons. The molecule has 0 saturated heterocycles. The number of aromatic nitrogens is 1. The van der Waals surface area contributed by atoms with E-state index in [1.54, 1.807) is 0 Å². The smallest absolute Gasteiger partial charge is 0.423 e. The van der Waals surface area contributed by atoms with Crippen molar-refractivity contribution in [3.63, 3.8) is 0 Å². The highest BCUT2D eigenvalue weighted by molar-refractivity contribution is 6.59. The minimum Gasteiger partial charge on any atom is -0.423 e. The van der Waals surface area contributed by atoms with Crippen LogP contribution in [0.25, 0.3) is 0 Å². The second-order valence-electron chi connectivity index (χ2n) is 1.92. The van der Waals surface area contributed by atoms with Crippen molar-refractivity contribution in [2.24, 2.45) is 0 Å².